The number of pyridine rings is 1. The lowest BCUT2D eigenvalue weighted by Crippen LogP contribution is -2.21. The number of nitrogens with one attached hydrogen (secondary N) is 2. The highest BCUT2D eigenvalue weighted by Crippen LogP contribution is 2.30. The number of aromatic amines is 1. The predicted octanol–water partition coefficient (Wildman–Crippen LogP) is 4.23. The normalized spacial score (nSPS) is 10.8. The number of hydrogen-bond acceptors (Lipinski definition) is 5. The van der Waals surface area contributed by atoms with Crippen molar-refractivity contribution in [2.24, 2.45) is 0 Å². The van der Waals surface area contributed by atoms with Crippen LogP contribution in [0, 0.1) is 0 Å². The van der Waals surface area contributed by atoms with E-state index in [-0.39, 0.29) is 5.91 Å². The smallest absolute Gasteiger partial charge is 0.269 e. The maximum Gasteiger partial charge on any atom is 0.269 e. The molecule has 4 rings (SSSR count). The van der Waals surface area contributed by atoms with Crippen molar-refractivity contribution in [1.29, 1.82) is 0 Å². The third-order valence-corrected chi connectivity index (χ3v) is 4.78. The minimum atomic E-state index is -0.0796. The van der Waals surface area contributed by atoms with Gasteiger partial charge in [0, 0.05) is 42.0 Å². The maximum atomic E-state index is 12.2. The largest absolute Gasteiger partial charge is 0.350 e. The van der Waals surface area contributed by atoms with Crippen molar-refractivity contribution in [1.82, 2.24) is 24.8 Å². The first-order valence-corrected chi connectivity index (χ1v) is 9.36. The summed E-state index contributed by atoms with van der Waals surface area (Å²) in [7, 11) is 3.45. The summed E-state index contributed by atoms with van der Waals surface area (Å²) >= 11 is 3.56. The zero-order valence-corrected chi connectivity index (χ0v) is 16.9. The first-order chi connectivity index (χ1) is 13.5. The van der Waals surface area contributed by atoms with Gasteiger partial charge in [0.25, 0.3) is 5.91 Å². The molecule has 2 N–H and O–H groups in total. The maximum absolute atomic E-state index is 12.2. The average Bonchev–Trinajstić information content (AvgIpc) is 3.13. The van der Waals surface area contributed by atoms with Crippen molar-refractivity contribution in [3.63, 3.8) is 0 Å². The van der Waals surface area contributed by atoms with Gasteiger partial charge in [-0.3, -0.25) is 9.78 Å². The van der Waals surface area contributed by atoms with Crippen LogP contribution >= 0.6 is 15.9 Å². The van der Waals surface area contributed by atoms with Crippen LogP contribution in [0.2, 0.25) is 0 Å². The SMILES string of the molecule is CN(C)C(=O)c1cc2cc(Nc3nccc(-c4ccccn4)n3)cc(Br)c2[nH]1. The summed E-state index contributed by atoms with van der Waals surface area (Å²) in [6.45, 7) is 0. The summed E-state index contributed by atoms with van der Waals surface area (Å²) in [5.41, 5.74) is 3.71. The van der Waals surface area contributed by atoms with Gasteiger partial charge in [-0.2, -0.15) is 0 Å². The van der Waals surface area contributed by atoms with E-state index >= 15 is 0 Å². The van der Waals surface area contributed by atoms with Gasteiger partial charge >= 0.3 is 0 Å². The van der Waals surface area contributed by atoms with Crippen LogP contribution in [0.15, 0.2) is 59.3 Å². The number of hydrogen-bond donors (Lipinski definition) is 2. The zero-order chi connectivity index (χ0) is 19.7. The third kappa shape index (κ3) is 3.59. The van der Waals surface area contributed by atoms with Gasteiger partial charge in [-0.1, -0.05) is 6.07 Å². The second-order valence-electron chi connectivity index (χ2n) is 6.41. The van der Waals surface area contributed by atoms with Gasteiger partial charge in [0.2, 0.25) is 5.95 Å². The first kappa shape index (κ1) is 18.1. The quantitative estimate of drug-likeness (QED) is 0.499. The Kier molecular flexibility index (Phi) is 4.79. The Morgan fingerprint density at radius 3 is 2.68 bits per heavy atom. The van der Waals surface area contributed by atoms with Gasteiger partial charge in [0.1, 0.15) is 5.69 Å². The number of amides is 1. The Morgan fingerprint density at radius 2 is 1.93 bits per heavy atom. The van der Waals surface area contributed by atoms with Gasteiger partial charge in [0.05, 0.1) is 16.9 Å². The van der Waals surface area contributed by atoms with E-state index in [1.807, 2.05) is 42.5 Å². The zero-order valence-electron chi connectivity index (χ0n) is 15.3. The molecule has 0 aliphatic heterocycles. The van der Waals surface area contributed by atoms with Crippen molar-refractivity contribution in [2.75, 3.05) is 19.4 Å². The molecule has 7 nitrogen and oxygen atoms in total. The fourth-order valence-corrected chi connectivity index (χ4v) is 3.41. The Bertz CT molecular complexity index is 1160. The molecule has 1 aromatic carbocycles. The fourth-order valence-electron chi connectivity index (χ4n) is 2.83. The summed E-state index contributed by atoms with van der Waals surface area (Å²) in [6.07, 6.45) is 3.42. The van der Waals surface area contributed by atoms with E-state index in [1.54, 1.807) is 26.5 Å². The molecule has 0 atom stereocenters. The molecular formula is C20H17BrN6O. The van der Waals surface area contributed by atoms with Gasteiger partial charge in [0.15, 0.2) is 0 Å². The van der Waals surface area contributed by atoms with Crippen LogP contribution in [0.4, 0.5) is 11.6 Å². The molecule has 3 heterocycles. The van der Waals surface area contributed by atoms with Crippen molar-refractivity contribution >= 4 is 44.4 Å². The van der Waals surface area contributed by atoms with Crippen LogP contribution < -0.4 is 5.32 Å². The van der Waals surface area contributed by atoms with Crippen molar-refractivity contribution < 1.29 is 4.79 Å². The fraction of sp³-hybridized carbons (Fsp3) is 0.100. The molecule has 0 bridgehead atoms. The number of halogens is 1. The van der Waals surface area contributed by atoms with Gasteiger partial charge in [-0.05, 0) is 52.3 Å². The summed E-state index contributed by atoms with van der Waals surface area (Å²) in [4.78, 5) is 30.1. The summed E-state index contributed by atoms with van der Waals surface area (Å²) in [5.74, 6) is 0.388. The number of benzene rings is 1. The predicted molar refractivity (Wildman–Crippen MR) is 113 cm³/mol. The monoisotopic (exact) mass is 436 g/mol. The van der Waals surface area contributed by atoms with E-state index in [9.17, 15) is 4.79 Å². The number of carbonyl (C=O) groups is 1. The van der Waals surface area contributed by atoms with Crippen LogP contribution in [0.5, 0.6) is 0 Å². The molecular weight excluding hydrogens is 420 g/mol. The lowest BCUT2D eigenvalue weighted by atomic mass is 10.2. The highest BCUT2D eigenvalue weighted by Gasteiger charge is 2.14. The standard InChI is InChI=1S/C20H17BrN6O/c1-27(2)19(28)17-10-12-9-13(11-14(21)18(12)25-17)24-20-23-8-6-16(26-20)15-5-3-4-7-22-15/h3-11,25H,1-2H3,(H,23,24,26). The molecule has 28 heavy (non-hydrogen) atoms. The topological polar surface area (TPSA) is 86.8 Å². The lowest BCUT2D eigenvalue weighted by molar-refractivity contribution is 0.0823. The van der Waals surface area contributed by atoms with Crippen LogP contribution in [0.25, 0.3) is 22.3 Å². The van der Waals surface area contributed by atoms with Crippen molar-refractivity contribution in [2.45, 2.75) is 0 Å². The summed E-state index contributed by atoms with van der Waals surface area (Å²) in [5, 5.41) is 4.12. The highest BCUT2D eigenvalue weighted by molar-refractivity contribution is 9.10. The number of rotatable bonds is 4. The molecule has 8 heteroatoms. The summed E-state index contributed by atoms with van der Waals surface area (Å²) < 4.78 is 0.839. The number of nitrogens with zero attached hydrogens (tertiary/aromatic N) is 4. The van der Waals surface area contributed by atoms with Crippen LogP contribution in [0.1, 0.15) is 10.5 Å². The van der Waals surface area contributed by atoms with E-state index in [0.717, 1.165) is 32.5 Å². The molecule has 140 valence electrons. The second kappa shape index (κ2) is 7.40. The molecule has 0 aliphatic rings. The molecule has 0 saturated heterocycles. The number of H-pyrrole nitrogens is 1. The van der Waals surface area contributed by atoms with E-state index < -0.39 is 0 Å². The minimum Gasteiger partial charge on any atom is -0.350 e. The van der Waals surface area contributed by atoms with Crippen LogP contribution in [-0.2, 0) is 0 Å². The lowest BCUT2D eigenvalue weighted by Gasteiger charge is -2.07. The summed E-state index contributed by atoms with van der Waals surface area (Å²) in [6, 6.07) is 13.2. The number of fused-ring (bicyclic) bond motifs is 1. The third-order valence-electron chi connectivity index (χ3n) is 4.16. The molecule has 0 fully saturated rings. The number of carbonyl (C=O) groups excluding carboxylic acids is 1. The Morgan fingerprint density at radius 1 is 1.07 bits per heavy atom. The van der Waals surface area contributed by atoms with Gasteiger partial charge < -0.3 is 15.2 Å². The van der Waals surface area contributed by atoms with Gasteiger partial charge in [-0.25, -0.2) is 9.97 Å². The Balaban J connectivity index is 1.66. The molecule has 0 aliphatic carbocycles. The van der Waals surface area contributed by atoms with Crippen LogP contribution in [-0.4, -0.2) is 44.8 Å². The molecule has 0 spiro atoms. The number of anilines is 2. The van der Waals surface area contributed by atoms with Gasteiger partial charge in [-0.15, -0.1) is 0 Å². The molecule has 0 radical (unpaired) electrons. The van der Waals surface area contributed by atoms with E-state index in [2.05, 4.69) is 41.2 Å². The average molecular weight is 437 g/mol. The van der Waals surface area contributed by atoms with E-state index in [4.69, 9.17) is 0 Å². The highest BCUT2D eigenvalue weighted by atomic mass is 79.9. The molecule has 0 unspecified atom stereocenters. The van der Waals surface area contributed by atoms with Crippen molar-refractivity contribution in [3.8, 4) is 11.4 Å². The van der Waals surface area contributed by atoms with E-state index in [1.165, 1.54) is 4.90 Å². The molecule has 4 aromatic rings. The van der Waals surface area contributed by atoms with Crippen LogP contribution in [0.3, 0.4) is 0 Å². The van der Waals surface area contributed by atoms with Crippen molar-refractivity contribution in [3.05, 3.63) is 65.0 Å². The van der Waals surface area contributed by atoms with E-state index in [0.29, 0.717) is 11.6 Å². The molecule has 0 saturated carbocycles. The first-order valence-electron chi connectivity index (χ1n) is 8.56. The minimum absolute atomic E-state index is 0.0796. The molecule has 3 aromatic heterocycles. The Labute approximate surface area is 170 Å². The number of aromatic nitrogens is 4. The Hall–Kier alpha value is -3.26. The second-order valence-corrected chi connectivity index (χ2v) is 7.26. The molecule has 1 amide bonds.